The van der Waals surface area contributed by atoms with E-state index in [-0.39, 0.29) is 12.6 Å². The Kier molecular flexibility index (Phi) is 7.51. The van der Waals surface area contributed by atoms with Crippen LogP contribution in [0.4, 0.5) is 10.6 Å². The van der Waals surface area contributed by atoms with Crippen molar-refractivity contribution in [2.24, 2.45) is 5.92 Å². The first-order chi connectivity index (χ1) is 18.1. The van der Waals surface area contributed by atoms with Crippen LogP contribution < -0.4 is 15.8 Å². The van der Waals surface area contributed by atoms with Crippen LogP contribution in [0.2, 0.25) is 0 Å². The van der Waals surface area contributed by atoms with E-state index >= 15 is 0 Å². The molecule has 0 spiro atoms. The van der Waals surface area contributed by atoms with Gasteiger partial charge >= 0.3 is 6.09 Å². The number of aromatic nitrogens is 3. The van der Waals surface area contributed by atoms with Crippen molar-refractivity contribution >= 4 is 22.9 Å². The molecule has 1 aliphatic carbocycles. The molecule has 4 aromatic rings. The highest BCUT2D eigenvalue weighted by Gasteiger charge is 2.32. The summed E-state index contributed by atoms with van der Waals surface area (Å²) in [6.07, 6.45) is 5.05. The molecule has 9 heteroatoms. The van der Waals surface area contributed by atoms with Crippen molar-refractivity contribution in [3.8, 4) is 16.9 Å². The molecule has 0 radical (unpaired) electrons. The van der Waals surface area contributed by atoms with Crippen LogP contribution in [-0.4, -0.2) is 47.5 Å². The molecule has 2 heterocycles. The number of nitrogens with zero attached hydrogens (tertiary/aromatic N) is 3. The maximum absolute atomic E-state index is 11.8. The Morgan fingerprint density at radius 3 is 2.76 bits per heavy atom. The second-order valence-electron chi connectivity index (χ2n) is 9.21. The molecular formula is C28H31N5O4. The molecule has 0 aliphatic heterocycles. The molecular weight excluding hydrogens is 470 g/mol. The molecule has 1 aliphatic rings. The van der Waals surface area contributed by atoms with Crippen LogP contribution in [0.3, 0.4) is 0 Å². The zero-order valence-corrected chi connectivity index (χ0v) is 20.8. The lowest BCUT2D eigenvalue weighted by Crippen LogP contribution is -2.37. The molecule has 1 fully saturated rings. The van der Waals surface area contributed by atoms with Gasteiger partial charge in [-0.05, 0) is 42.0 Å². The summed E-state index contributed by atoms with van der Waals surface area (Å²) in [6, 6.07) is 18.4. The number of amides is 1. The van der Waals surface area contributed by atoms with Crippen LogP contribution in [0.25, 0.3) is 22.2 Å². The first kappa shape index (κ1) is 24.6. The molecule has 3 N–H and O–H groups in total. The minimum absolute atomic E-state index is 0.243. The van der Waals surface area contributed by atoms with Gasteiger partial charge in [0.25, 0.3) is 0 Å². The van der Waals surface area contributed by atoms with Gasteiger partial charge in [0, 0.05) is 31.5 Å². The Hall–Kier alpha value is -4.11. The van der Waals surface area contributed by atoms with E-state index in [1.54, 1.807) is 7.11 Å². The first-order valence-electron chi connectivity index (χ1n) is 12.4. The van der Waals surface area contributed by atoms with Crippen molar-refractivity contribution in [2.75, 3.05) is 32.6 Å². The van der Waals surface area contributed by atoms with Crippen molar-refractivity contribution in [1.29, 1.82) is 0 Å². The van der Waals surface area contributed by atoms with Gasteiger partial charge < -0.3 is 29.8 Å². The van der Waals surface area contributed by atoms with Crippen LogP contribution in [0.15, 0.2) is 67.1 Å². The number of ether oxygens (including phenoxy) is 3. The SMILES string of the molecule is COCCOC(=O)NC[C@H]1C[C@@H](n2cc(-c3cccc(OCc4ccccc4)c3)c3c(N)ncnc32)C1. The average Bonchev–Trinajstić information content (AvgIpc) is 3.28. The van der Waals surface area contributed by atoms with E-state index < -0.39 is 6.09 Å². The summed E-state index contributed by atoms with van der Waals surface area (Å²) in [6.45, 7) is 1.70. The highest BCUT2D eigenvalue weighted by molar-refractivity contribution is 6.00. The number of hydrogen-bond donors (Lipinski definition) is 2. The molecule has 37 heavy (non-hydrogen) atoms. The fraction of sp³-hybridized carbons (Fsp3) is 0.321. The van der Waals surface area contributed by atoms with Crippen molar-refractivity contribution in [3.05, 3.63) is 72.7 Å². The van der Waals surface area contributed by atoms with Gasteiger partial charge in [-0.2, -0.15) is 0 Å². The predicted octanol–water partition coefficient (Wildman–Crippen LogP) is 4.58. The minimum atomic E-state index is -0.413. The number of methoxy groups -OCH3 is 1. The highest BCUT2D eigenvalue weighted by atomic mass is 16.6. The van der Waals surface area contributed by atoms with E-state index in [1.165, 1.54) is 6.33 Å². The molecule has 0 bridgehead atoms. The summed E-state index contributed by atoms with van der Waals surface area (Å²) >= 11 is 0. The normalized spacial score (nSPS) is 16.8. The number of rotatable bonds is 10. The molecule has 0 unspecified atom stereocenters. The first-order valence-corrected chi connectivity index (χ1v) is 12.4. The second-order valence-corrected chi connectivity index (χ2v) is 9.21. The van der Waals surface area contributed by atoms with Crippen LogP contribution in [0.1, 0.15) is 24.4 Å². The molecule has 2 aromatic heterocycles. The Bertz CT molecular complexity index is 1350. The molecule has 0 saturated heterocycles. The Labute approximate surface area is 215 Å². The number of fused-ring (bicyclic) bond motifs is 1. The summed E-state index contributed by atoms with van der Waals surface area (Å²) in [4.78, 5) is 20.6. The van der Waals surface area contributed by atoms with Gasteiger partial charge in [-0.15, -0.1) is 0 Å². The summed E-state index contributed by atoms with van der Waals surface area (Å²) in [7, 11) is 1.57. The Morgan fingerprint density at radius 2 is 1.95 bits per heavy atom. The van der Waals surface area contributed by atoms with E-state index in [9.17, 15) is 4.79 Å². The molecule has 0 atom stereocenters. The number of anilines is 1. The standard InChI is InChI=1S/C28H31N5O4/c1-35-10-11-36-28(34)30-15-20-12-22(13-20)33-16-24(25-26(29)31-18-32-27(25)33)21-8-5-9-23(14-21)37-17-19-6-3-2-4-7-19/h2-9,14,16,18,20,22H,10-13,15,17H2,1H3,(H,30,34)(H2,29,31,32)/t20-,22+. The third-order valence-corrected chi connectivity index (χ3v) is 6.69. The van der Waals surface area contributed by atoms with Gasteiger partial charge in [0.05, 0.1) is 12.0 Å². The minimum Gasteiger partial charge on any atom is -0.489 e. The van der Waals surface area contributed by atoms with Gasteiger partial charge in [-0.1, -0.05) is 42.5 Å². The van der Waals surface area contributed by atoms with Gasteiger partial charge in [0.2, 0.25) is 0 Å². The lowest BCUT2D eigenvalue weighted by atomic mass is 9.80. The van der Waals surface area contributed by atoms with Gasteiger partial charge in [0.15, 0.2) is 0 Å². The molecule has 192 valence electrons. The van der Waals surface area contributed by atoms with E-state index in [2.05, 4.69) is 26.0 Å². The van der Waals surface area contributed by atoms with Crippen molar-refractivity contribution in [3.63, 3.8) is 0 Å². The highest BCUT2D eigenvalue weighted by Crippen LogP contribution is 2.43. The zero-order chi connectivity index (χ0) is 25.6. The lowest BCUT2D eigenvalue weighted by molar-refractivity contribution is 0.0951. The number of nitrogen functional groups attached to an aromatic ring is 1. The largest absolute Gasteiger partial charge is 0.489 e. The number of carbonyl (C=O) groups excluding carboxylic acids is 1. The third-order valence-electron chi connectivity index (χ3n) is 6.69. The molecule has 5 rings (SSSR count). The van der Waals surface area contributed by atoms with Crippen LogP contribution >= 0.6 is 0 Å². The summed E-state index contributed by atoms with van der Waals surface area (Å²) < 4.78 is 18.2. The molecule has 1 amide bonds. The monoisotopic (exact) mass is 501 g/mol. The number of hydrogen-bond acceptors (Lipinski definition) is 7. The Balaban J connectivity index is 1.30. The van der Waals surface area contributed by atoms with Crippen LogP contribution in [0.5, 0.6) is 5.75 Å². The van der Waals surface area contributed by atoms with Crippen molar-refractivity contribution < 1.29 is 19.0 Å². The number of benzene rings is 2. The molecule has 9 nitrogen and oxygen atoms in total. The number of nitrogens with two attached hydrogens (primary N) is 1. The summed E-state index contributed by atoms with van der Waals surface area (Å²) in [5, 5.41) is 3.68. The number of alkyl carbamates (subject to hydrolysis) is 1. The van der Waals surface area contributed by atoms with E-state index in [0.29, 0.717) is 31.5 Å². The van der Waals surface area contributed by atoms with Gasteiger partial charge in [0.1, 0.15) is 36.8 Å². The van der Waals surface area contributed by atoms with Crippen molar-refractivity contribution in [1.82, 2.24) is 19.9 Å². The summed E-state index contributed by atoms with van der Waals surface area (Å²) in [5.41, 5.74) is 10.2. The van der Waals surface area contributed by atoms with E-state index in [0.717, 1.165) is 46.3 Å². The second kappa shape index (κ2) is 11.3. The number of nitrogens with one attached hydrogen (secondary N) is 1. The summed E-state index contributed by atoms with van der Waals surface area (Å²) in [5.74, 6) is 1.60. The molecule has 2 aromatic carbocycles. The number of carbonyl (C=O) groups is 1. The fourth-order valence-corrected chi connectivity index (χ4v) is 4.69. The Morgan fingerprint density at radius 1 is 1.11 bits per heavy atom. The van der Waals surface area contributed by atoms with E-state index in [1.807, 2.05) is 54.6 Å². The maximum Gasteiger partial charge on any atom is 0.407 e. The molecule has 1 saturated carbocycles. The van der Waals surface area contributed by atoms with Gasteiger partial charge in [-0.3, -0.25) is 0 Å². The fourth-order valence-electron chi connectivity index (χ4n) is 4.69. The average molecular weight is 502 g/mol. The third kappa shape index (κ3) is 5.67. The van der Waals surface area contributed by atoms with E-state index in [4.69, 9.17) is 19.9 Å². The predicted molar refractivity (Wildman–Crippen MR) is 141 cm³/mol. The van der Waals surface area contributed by atoms with Gasteiger partial charge in [-0.25, -0.2) is 14.8 Å². The van der Waals surface area contributed by atoms with Crippen LogP contribution in [-0.2, 0) is 16.1 Å². The van der Waals surface area contributed by atoms with Crippen molar-refractivity contribution in [2.45, 2.75) is 25.5 Å². The topological polar surface area (TPSA) is 114 Å². The van der Waals surface area contributed by atoms with Crippen LogP contribution in [0, 0.1) is 5.92 Å². The maximum atomic E-state index is 11.8. The zero-order valence-electron chi connectivity index (χ0n) is 20.8. The lowest BCUT2D eigenvalue weighted by Gasteiger charge is -2.36. The quantitative estimate of drug-likeness (QED) is 0.306. The smallest absolute Gasteiger partial charge is 0.407 e.